The van der Waals surface area contributed by atoms with Crippen molar-refractivity contribution in [3.63, 3.8) is 0 Å². The van der Waals surface area contributed by atoms with E-state index in [1.807, 2.05) is 11.8 Å². The van der Waals surface area contributed by atoms with E-state index in [1.165, 1.54) is 37.5 Å². The number of hydrogen-bond donors (Lipinski definition) is 1. The molecule has 1 aromatic carbocycles. The van der Waals surface area contributed by atoms with Crippen molar-refractivity contribution in [3.8, 4) is 0 Å². The first-order valence-corrected chi connectivity index (χ1v) is 9.78. The molecule has 1 N–H and O–H groups in total. The molecule has 0 radical (unpaired) electrons. The first-order valence-electron chi connectivity index (χ1n) is 9.78. The highest BCUT2D eigenvalue weighted by molar-refractivity contribution is 5.80. The first kappa shape index (κ1) is 17.4. The van der Waals surface area contributed by atoms with Crippen LogP contribution in [-0.2, 0) is 14.9 Å². The van der Waals surface area contributed by atoms with Crippen molar-refractivity contribution in [3.05, 3.63) is 35.4 Å². The zero-order valence-corrected chi connectivity index (χ0v) is 15.7. The monoisotopic (exact) mass is 356 g/mol. The molecule has 0 bridgehead atoms. The maximum Gasteiger partial charge on any atom is 0.406 e. The van der Waals surface area contributed by atoms with Crippen molar-refractivity contribution in [2.24, 2.45) is 11.8 Å². The Morgan fingerprint density at radius 1 is 1.38 bits per heavy atom. The van der Waals surface area contributed by atoms with Crippen molar-refractivity contribution in [1.29, 1.82) is 0 Å². The van der Waals surface area contributed by atoms with Gasteiger partial charge in [0.25, 0.3) is 0 Å². The maximum atomic E-state index is 12.9. The standard InChI is InChI=1S/C21H28N2O3/c1-3-14(11-22-20(25)26-2)19(24)23-12-18-10-21(18,13-23)17-6-4-5-16(9-17)15-7-8-15/h4-6,9,14-15,18H,3,7-8,10-13H2,1-2H3,(H,22,25). The second kappa shape index (κ2) is 6.60. The molecule has 5 heteroatoms. The lowest BCUT2D eigenvalue weighted by molar-refractivity contribution is -0.135. The van der Waals surface area contributed by atoms with Crippen molar-refractivity contribution in [2.45, 2.75) is 43.9 Å². The minimum Gasteiger partial charge on any atom is -0.453 e. The SMILES string of the molecule is CCC(CNC(=O)OC)C(=O)N1CC2CC2(c2cccc(C3CC3)c2)C1. The molecule has 0 aromatic heterocycles. The topological polar surface area (TPSA) is 58.6 Å². The minimum atomic E-state index is -0.478. The zero-order chi connectivity index (χ0) is 18.3. The van der Waals surface area contributed by atoms with E-state index in [-0.39, 0.29) is 17.2 Å². The summed E-state index contributed by atoms with van der Waals surface area (Å²) in [6, 6.07) is 9.07. The number of hydrogen-bond acceptors (Lipinski definition) is 3. The Hall–Kier alpha value is -2.04. The number of amides is 2. The van der Waals surface area contributed by atoms with Crippen LogP contribution in [0.3, 0.4) is 0 Å². The molecule has 5 nitrogen and oxygen atoms in total. The number of rotatable bonds is 6. The Kier molecular flexibility index (Phi) is 4.41. The summed E-state index contributed by atoms with van der Waals surface area (Å²) in [5.74, 6) is 1.33. The number of alkyl carbamates (subject to hydrolysis) is 1. The fourth-order valence-electron chi connectivity index (χ4n) is 4.56. The molecular formula is C21H28N2O3. The van der Waals surface area contributed by atoms with Gasteiger partial charge < -0.3 is 15.0 Å². The number of benzene rings is 1. The Labute approximate surface area is 155 Å². The van der Waals surface area contributed by atoms with Crippen LogP contribution in [0.4, 0.5) is 4.79 Å². The number of carbonyl (C=O) groups excluding carboxylic acids is 2. The highest BCUT2D eigenvalue weighted by Gasteiger charge is 2.61. The number of fused-ring (bicyclic) bond motifs is 1. The molecule has 2 amide bonds. The van der Waals surface area contributed by atoms with Crippen LogP contribution in [0.2, 0.25) is 0 Å². The third-order valence-electron chi connectivity index (χ3n) is 6.49. The van der Waals surface area contributed by atoms with Gasteiger partial charge in [-0.1, -0.05) is 31.2 Å². The van der Waals surface area contributed by atoms with Crippen LogP contribution in [0.25, 0.3) is 0 Å². The summed E-state index contributed by atoms with van der Waals surface area (Å²) in [4.78, 5) is 26.3. The Morgan fingerprint density at radius 2 is 2.19 bits per heavy atom. The largest absolute Gasteiger partial charge is 0.453 e. The summed E-state index contributed by atoms with van der Waals surface area (Å²) in [7, 11) is 1.34. The molecule has 2 saturated carbocycles. The van der Waals surface area contributed by atoms with E-state index >= 15 is 0 Å². The number of piperidine rings is 1. The average molecular weight is 356 g/mol. The van der Waals surface area contributed by atoms with Crippen LogP contribution < -0.4 is 5.32 Å². The predicted molar refractivity (Wildman–Crippen MR) is 99.0 cm³/mol. The van der Waals surface area contributed by atoms with Gasteiger partial charge in [0.2, 0.25) is 5.91 Å². The van der Waals surface area contributed by atoms with E-state index in [9.17, 15) is 9.59 Å². The normalized spacial score (nSPS) is 27.6. The number of nitrogens with zero attached hydrogens (tertiary/aromatic N) is 1. The summed E-state index contributed by atoms with van der Waals surface area (Å²) >= 11 is 0. The summed E-state index contributed by atoms with van der Waals surface area (Å²) in [6.07, 6.45) is 4.07. The van der Waals surface area contributed by atoms with Crippen LogP contribution in [0.15, 0.2) is 24.3 Å². The highest BCUT2D eigenvalue weighted by Crippen LogP contribution is 2.59. The second-order valence-corrected chi connectivity index (χ2v) is 8.15. The Morgan fingerprint density at radius 3 is 2.88 bits per heavy atom. The van der Waals surface area contributed by atoms with Crippen molar-refractivity contribution in [1.82, 2.24) is 10.2 Å². The van der Waals surface area contributed by atoms with Gasteiger partial charge in [0.15, 0.2) is 0 Å². The van der Waals surface area contributed by atoms with Gasteiger partial charge in [0.1, 0.15) is 0 Å². The van der Waals surface area contributed by atoms with Gasteiger partial charge in [-0.2, -0.15) is 0 Å². The average Bonchev–Trinajstić information content (AvgIpc) is 3.60. The third kappa shape index (κ3) is 3.08. The van der Waals surface area contributed by atoms with Gasteiger partial charge in [-0.3, -0.25) is 4.79 Å². The second-order valence-electron chi connectivity index (χ2n) is 8.15. The summed E-state index contributed by atoms with van der Waals surface area (Å²) in [6.45, 7) is 4.00. The van der Waals surface area contributed by atoms with Gasteiger partial charge in [-0.25, -0.2) is 4.79 Å². The number of carbonyl (C=O) groups is 2. The Bertz CT molecular complexity index is 715. The molecular weight excluding hydrogens is 328 g/mol. The first-order chi connectivity index (χ1) is 12.6. The van der Waals surface area contributed by atoms with Gasteiger partial charge >= 0.3 is 6.09 Å². The molecule has 1 saturated heterocycles. The minimum absolute atomic E-state index is 0.161. The van der Waals surface area contributed by atoms with Crippen LogP contribution in [0.5, 0.6) is 0 Å². The molecule has 140 valence electrons. The Balaban J connectivity index is 1.42. The van der Waals surface area contributed by atoms with Crippen LogP contribution >= 0.6 is 0 Å². The van der Waals surface area contributed by atoms with E-state index < -0.39 is 6.09 Å². The maximum absolute atomic E-state index is 12.9. The predicted octanol–water partition coefficient (Wildman–Crippen LogP) is 3.05. The number of ether oxygens (including phenoxy) is 1. The quantitative estimate of drug-likeness (QED) is 0.852. The van der Waals surface area contributed by atoms with Crippen molar-refractivity contribution in [2.75, 3.05) is 26.7 Å². The van der Waals surface area contributed by atoms with Crippen molar-refractivity contribution >= 4 is 12.0 Å². The van der Waals surface area contributed by atoms with Crippen LogP contribution in [-0.4, -0.2) is 43.6 Å². The number of nitrogens with one attached hydrogen (secondary N) is 1. The van der Waals surface area contributed by atoms with Crippen LogP contribution in [0, 0.1) is 11.8 Å². The van der Waals surface area contributed by atoms with Gasteiger partial charge in [0.05, 0.1) is 13.0 Å². The van der Waals surface area contributed by atoms with E-state index in [0.717, 1.165) is 19.0 Å². The fourth-order valence-corrected chi connectivity index (χ4v) is 4.56. The lowest BCUT2D eigenvalue weighted by Gasteiger charge is -2.26. The molecule has 4 rings (SSSR count). The van der Waals surface area contributed by atoms with E-state index in [1.54, 1.807) is 0 Å². The zero-order valence-electron chi connectivity index (χ0n) is 15.7. The van der Waals surface area contributed by atoms with E-state index in [0.29, 0.717) is 18.9 Å². The highest BCUT2D eigenvalue weighted by atomic mass is 16.5. The molecule has 1 heterocycles. The molecule has 3 fully saturated rings. The third-order valence-corrected chi connectivity index (χ3v) is 6.49. The molecule has 3 atom stereocenters. The van der Waals surface area contributed by atoms with Gasteiger partial charge in [0, 0.05) is 25.0 Å². The molecule has 2 aliphatic carbocycles. The smallest absolute Gasteiger partial charge is 0.406 e. The van der Waals surface area contributed by atoms with E-state index in [4.69, 9.17) is 0 Å². The molecule has 26 heavy (non-hydrogen) atoms. The number of methoxy groups -OCH3 is 1. The molecule has 3 unspecified atom stereocenters. The lowest BCUT2D eigenvalue weighted by atomic mass is 9.92. The van der Waals surface area contributed by atoms with Crippen LogP contribution in [0.1, 0.15) is 49.7 Å². The molecule has 3 aliphatic rings. The summed E-state index contributed by atoms with van der Waals surface area (Å²) in [5, 5.41) is 2.67. The number of likely N-dealkylation sites (tertiary alicyclic amines) is 1. The van der Waals surface area contributed by atoms with Gasteiger partial charge in [-0.05, 0) is 48.6 Å². The lowest BCUT2D eigenvalue weighted by Crippen LogP contribution is -2.42. The molecule has 0 spiro atoms. The summed E-state index contributed by atoms with van der Waals surface area (Å²) in [5.41, 5.74) is 3.07. The summed E-state index contributed by atoms with van der Waals surface area (Å²) < 4.78 is 4.61. The van der Waals surface area contributed by atoms with Gasteiger partial charge in [-0.15, -0.1) is 0 Å². The molecule has 1 aliphatic heterocycles. The fraction of sp³-hybridized carbons (Fsp3) is 0.619. The molecule has 1 aromatic rings. The van der Waals surface area contributed by atoms with E-state index in [2.05, 4.69) is 34.3 Å². The van der Waals surface area contributed by atoms with Crippen molar-refractivity contribution < 1.29 is 14.3 Å².